The molecule has 0 unspecified atom stereocenters. The van der Waals surface area contributed by atoms with Crippen LogP contribution in [0, 0.1) is 0 Å². The standard InChI is InChI=1S/C23H24N2O6S/c1-31-13-10-24-32(29,30)16-8-11-25(12-9-16)23(28)15-6-7-19-20(14-15)22(27)18-5-3-2-4-17(18)21(19)26/h2-7,14,16,24H,8-13H2,1H3. The summed E-state index contributed by atoms with van der Waals surface area (Å²) in [6.45, 7) is 1.09. The van der Waals surface area contributed by atoms with Gasteiger partial charge >= 0.3 is 0 Å². The molecule has 4 rings (SSSR count). The molecule has 0 aromatic heterocycles. The summed E-state index contributed by atoms with van der Waals surface area (Å²) < 4.78 is 32.2. The molecule has 1 N–H and O–H groups in total. The lowest BCUT2D eigenvalue weighted by Crippen LogP contribution is -2.46. The second-order valence-corrected chi connectivity index (χ2v) is 9.93. The summed E-state index contributed by atoms with van der Waals surface area (Å²) >= 11 is 0. The molecule has 0 atom stereocenters. The van der Waals surface area contributed by atoms with Gasteiger partial charge in [-0.25, -0.2) is 13.1 Å². The molecule has 2 aromatic rings. The van der Waals surface area contributed by atoms with Crippen molar-refractivity contribution in [3.05, 3.63) is 70.3 Å². The number of ether oxygens (including phenoxy) is 1. The van der Waals surface area contributed by atoms with Crippen LogP contribution in [0.4, 0.5) is 0 Å². The SMILES string of the molecule is COCCNS(=O)(=O)C1CCN(C(=O)c2ccc3c(c2)C(=O)c2ccccc2C3=O)CC1. The molecule has 0 saturated carbocycles. The highest BCUT2D eigenvalue weighted by Gasteiger charge is 2.33. The highest BCUT2D eigenvalue weighted by molar-refractivity contribution is 7.90. The van der Waals surface area contributed by atoms with Gasteiger partial charge in [-0.1, -0.05) is 24.3 Å². The molecular formula is C23H24N2O6S. The van der Waals surface area contributed by atoms with Gasteiger partial charge in [-0.3, -0.25) is 14.4 Å². The fourth-order valence-electron chi connectivity index (χ4n) is 4.19. The maximum atomic E-state index is 13.0. The average molecular weight is 457 g/mol. The van der Waals surface area contributed by atoms with Gasteiger partial charge in [-0.15, -0.1) is 0 Å². The molecule has 1 aliphatic heterocycles. The van der Waals surface area contributed by atoms with Gasteiger partial charge in [0.25, 0.3) is 5.91 Å². The van der Waals surface area contributed by atoms with Crippen molar-refractivity contribution in [1.29, 1.82) is 0 Å². The minimum Gasteiger partial charge on any atom is -0.383 e. The molecule has 8 nitrogen and oxygen atoms in total. The third kappa shape index (κ3) is 4.11. The van der Waals surface area contributed by atoms with Crippen LogP contribution in [0.25, 0.3) is 0 Å². The molecule has 0 radical (unpaired) electrons. The van der Waals surface area contributed by atoms with Crippen molar-refractivity contribution in [2.45, 2.75) is 18.1 Å². The highest BCUT2D eigenvalue weighted by atomic mass is 32.2. The Hall–Kier alpha value is -2.88. The van der Waals surface area contributed by atoms with E-state index >= 15 is 0 Å². The van der Waals surface area contributed by atoms with Gasteiger partial charge < -0.3 is 9.64 Å². The maximum absolute atomic E-state index is 13.0. The number of carbonyl (C=O) groups excluding carboxylic acids is 3. The number of sulfonamides is 1. The first-order valence-electron chi connectivity index (χ1n) is 10.4. The van der Waals surface area contributed by atoms with Gasteiger partial charge in [0, 0.05) is 54.6 Å². The van der Waals surface area contributed by atoms with Crippen LogP contribution in [-0.2, 0) is 14.8 Å². The lowest BCUT2D eigenvalue weighted by molar-refractivity contribution is 0.0725. The van der Waals surface area contributed by atoms with E-state index in [4.69, 9.17) is 4.74 Å². The first kappa shape index (κ1) is 22.3. The predicted octanol–water partition coefficient (Wildman–Crippen LogP) is 1.63. The number of nitrogens with one attached hydrogen (secondary N) is 1. The molecule has 2 aromatic carbocycles. The monoisotopic (exact) mass is 456 g/mol. The lowest BCUT2D eigenvalue weighted by atomic mass is 9.83. The molecule has 1 heterocycles. The van der Waals surface area contributed by atoms with Crippen molar-refractivity contribution in [2.75, 3.05) is 33.4 Å². The molecule has 1 amide bonds. The molecule has 1 fully saturated rings. The summed E-state index contributed by atoms with van der Waals surface area (Å²) in [6, 6.07) is 11.2. The molecule has 0 bridgehead atoms. The first-order chi connectivity index (χ1) is 15.3. The van der Waals surface area contributed by atoms with Crippen molar-refractivity contribution < 1.29 is 27.5 Å². The van der Waals surface area contributed by atoms with Crippen molar-refractivity contribution >= 4 is 27.5 Å². The lowest BCUT2D eigenvalue weighted by Gasteiger charge is -2.32. The van der Waals surface area contributed by atoms with E-state index in [1.54, 1.807) is 35.2 Å². The van der Waals surface area contributed by atoms with Gasteiger partial charge in [0.15, 0.2) is 11.6 Å². The first-order valence-corrected chi connectivity index (χ1v) is 12.0. The second kappa shape index (κ2) is 8.93. The molecule has 1 saturated heterocycles. The quantitative estimate of drug-likeness (QED) is 0.565. The molecular weight excluding hydrogens is 432 g/mol. The van der Waals surface area contributed by atoms with Crippen molar-refractivity contribution in [1.82, 2.24) is 9.62 Å². The number of nitrogens with zero attached hydrogens (tertiary/aromatic N) is 1. The van der Waals surface area contributed by atoms with Crippen LogP contribution in [0.3, 0.4) is 0 Å². The van der Waals surface area contributed by atoms with Gasteiger partial charge in [0.2, 0.25) is 10.0 Å². The summed E-state index contributed by atoms with van der Waals surface area (Å²) in [4.78, 5) is 40.3. The van der Waals surface area contributed by atoms with Gasteiger partial charge in [0.05, 0.1) is 11.9 Å². The number of hydrogen-bond donors (Lipinski definition) is 1. The predicted molar refractivity (Wildman–Crippen MR) is 117 cm³/mol. The Labute approximate surface area is 186 Å². The van der Waals surface area contributed by atoms with E-state index in [2.05, 4.69) is 4.72 Å². The average Bonchev–Trinajstić information content (AvgIpc) is 2.82. The Balaban J connectivity index is 1.48. The zero-order valence-corrected chi connectivity index (χ0v) is 18.5. The number of likely N-dealkylation sites (tertiary alicyclic amines) is 1. The fraction of sp³-hybridized carbons (Fsp3) is 0.348. The number of fused-ring (bicyclic) bond motifs is 2. The smallest absolute Gasteiger partial charge is 0.253 e. The van der Waals surface area contributed by atoms with E-state index in [0.29, 0.717) is 49.2 Å². The zero-order chi connectivity index (χ0) is 22.9. The Morgan fingerprint density at radius 3 is 2.22 bits per heavy atom. The highest BCUT2D eigenvalue weighted by Crippen LogP contribution is 2.28. The van der Waals surface area contributed by atoms with Crippen LogP contribution in [0.1, 0.15) is 55.0 Å². The van der Waals surface area contributed by atoms with Crippen molar-refractivity contribution in [2.24, 2.45) is 0 Å². The summed E-state index contributed by atoms with van der Waals surface area (Å²) in [6.07, 6.45) is 0.646. The summed E-state index contributed by atoms with van der Waals surface area (Å²) in [5, 5.41) is -0.567. The Morgan fingerprint density at radius 1 is 1.00 bits per heavy atom. The number of benzene rings is 2. The number of methoxy groups -OCH3 is 1. The third-order valence-corrected chi connectivity index (χ3v) is 7.91. The number of carbonyl (C=O) groups is 3. The Bertz CT molecular complexity index is 1180. The normalized spacial score (nSPS) is 16.6. The van der Waals surface area contributed by atoms with Crippen LogP contribution in [0.5, 0.6) is 0 Å². The Kier molecular flexibility index (Phi) is 6.23. The molecule has 32 heavy (non-hydrogen) atoms. The van der Waals surface area contributed by atoms with Crippen LogP contribution in [0.15, 0.2) is 42.5 Å². The van der Waals surface area contributed by atoms with E-state index in [-0.39, 0.29) is 35.1 Å². The zero-order valence-electron chi connectivity index (χ0n) is 17.7. The van der Waals surface area contributed by atoms with E-state index in [1.807, 2.05) is 0 Å². The van der Waals surface area contributed by atoms with Crippen molar-refractivity contribution in [3.63, 3.8) is 0 Å². The largest absolute Gasteiger partial charge is 0.383 e. The second-order valence-electron chi connectivity index (χ2n) is 7.89. The molecule has 2 aliphatic rings. The summed E-state index contributed by atoms with van der Waals surface area (Å²) in [5.41, 5.74) is 1.52. The number of ketones is 2. The number of piperidine rings is 1. The molecule has 0 spiro atoms. The maximum Gasteiger partial charge on any atom is 0.253 e. The van der Waals surface area contributed by atoms with E-state index in [1.165, 1.54) is 19.2 Å². The minimum absolute atomic E-state index is 0.211. The van der Waals surface area contributed by atoms with E-state index in [9.17, 15) is 22.8 Å². The van der Waals surface area contributed by atoms with Gasteiger partial charge in [-0.05, 0) is 31.0 Å². The molecule has 9 heteroatoms. The van der Waals surface area contributed by atoms with Crippen LogP contribution >= 0.6 is 0 Å². The summed E-state index contributed by atoms with van der Waals surface area (Å²) in [5.74, 6) is -0.798. The molecule has 168 valence electrons. The minimum atomic E-state index is -3.47. The fourth-order valence-corrected chi connectivity index (χ4v) is 5.62. The number of amides is 1. The molecule has 1 aliphatic carbocycles. The topological polar surface area (TPSA) is 110 Å². The van der Waals surface area contributed by atoms with E-state index in [0.717, 1.165) is 0 Å². The van der Waals surface area contributed by atoms with E-state index < -0.39 is 15.3 Å². The van der Waals surface area contributed by atoms with Crippen LogP contribution < -0.4 is 4.72 Å². The van der Waals surface area contributed by atoms with Crippen molar-refractivity contribution in [3.8, 4) is 0 Å². The number of hydrogen-bond acceptors (Lipinski definition) is 6. The Morgan fingerprint density at radius 2 is 1.59 bits per heavy atom. The third-order valence-electron chi connectivity index (χ3n) is 5.95. The van der Waals surface area contributed by atoms with Gasteiger partial charge in [0.1, 0.15) is 0 Å². The van der Waals surface area contributed by atoms with Gasteiger partial charge in [-0.2, -0.15) is 0 Å². The van der Waals surface area contributed by atoms with Crippen LogP contribution in [0.2, 0.25) is 0 Å². The summed E-state index contributed by atoms with van der Waals surface area (Å²) in [7, 11) is -1.97. The number of rotatable bonds is 6. The van der Waals surface area contributed by atoms with Crippen LogP contribution in [-0.4, -0.2) is 69.4 Å².